The summed E-state index contributed by atoms with van der Waals surface area (Å²) in [4.78, 5) is 0. The molecule has 28 heavy (non-hydrogen) atoms. The number of nitrogens with zero attached hydrogens (tertiary/aromatic N) is 1. The largest absolute Gasteiger partial charge is 0.858 e. The summed E-state index contributed by atoms with van der Waals surface area (Å²) in [5.74, 6) is -0.637. The molecule has 0 saturated carbocycles. The van der Waals surface area contributed by atoms with E-state index in [2.05, 4.69) is 34.6 Å². The summed E-state index contributed by atoms with van der Waals surface area (Å²) >= 11 is 0. The van der Waals surface area contributed by atoms with Gasteiger partial charge in [-0.3, -0.25) is 0 Å². The Morgan fingerprint density at radius 3 is 1.86 bits per heavy atom. The van der Waals surface area contributed by atoms with Gasteiger partial charge >= 0.3 is 0 Å². The fraction of sp³-hybridized carbons (Fsp3) is 0.348. The van der Waals surface area contributed by atoms with Crippen LogP contribution in [-0.4, -0.2) is 10.5 Å². The van der Waals surface area contributed by atoms with Crippen molar-refractivity contribution in [2.24, 2.45) is 0 Å². The minimum absolute atomic E-state index is 0. The average molecular weight is 550 g/mol. The minimum Gasteiger partial charge on any atom is -0.858 e. The van der Waals surface area contributed by atoms with Crippen molar-refractivity contribution in [2.75, 3.05) is 0 Å². The Kier molecular flexibility index (Phi) is 9.87. The molecule has 4 nitrogen and oxygen atoms in total. The van der Waals surface area contributed by atoms with E-state index in [9.17, 15) is 5.11 Å². The predicted octanol–water partition coefficient (Wildman–Crippen LogP) is 5.10. The van der Waals surface area contributed by atoms with Gasteiger partial charge in [0.1, 0.15) is 0 Å². The molecular formula is C23H32N3OW-. The van der Waals surface area contributed by atoms with Gasteiger partial charge in [0.2, 0.25) is 0 Å². The smallest absolute Gasteiger partial charge is 0.0523 e. The Hall–Kier alpha value is -1.90. The quantitative estimate of drug-likeness (QED) is 0.351. The zero-order valence-corrected chi connectivity index (χ0v) is 21.0. The predicted molar refractivity (Wildman–Crippen MR) is 114 cm³/mol. The van der Waals surface area contributed by atoms with Crippen LogP contribution < -0.4 is 11.3 Å². The van der Waals surface area contributed by atoms with Gasteiger partial charge in [-0.05, 0) is 80.1 Å². The first kappa shape index (κ1) is 26.1. The van der Waals surface area contributed by atoms with Gasteiger partial charge < -0.3 is 21.2 Å². The summed E-state index contributed by atoms with van der Waals surface area (Å²) in [6.07, 6.45) is 0. The normalized spacial score (nSPS) is 9.82. The average Bonchev–Trinajstić information content (AvgIpc) is 3.02. The molecular weight excluding hydrogens is 518 g/mol. The van der Waals surface area contributed by atoms with Crippen molar-refractivity contribution in [2.45, 2.75) is 55.0 Å². The van der Waals surface area contributed by atoms with Gasteiger partial charge in [0, 0.05) is 44.4 Å². The van der Waals surface area contributed by atoms with Crippen molar-refractivity contribution in [3.05, 3.63) is 69.4 Å². The molecule has 2 aromatic carbocycles. The number of hydrogen-bond donors (Lipinski definition) is 2. The molecule has 0 saturated heterocycles. The summed E-state index contributed by atoms with van der Waals surface area (Å²) < 4.78 is 1.98. The standard InChI is InChI=1S/C21H24N2O.C2H6.H3N.W/c1-12-13(2)15(4)18(16(5)14(12)3)11-23-19-9-7-6-8-17(19)10-20(23)21(22)24;1-2;;/h6-10H,11H2,1-5H3,(H2,22,24);1-2H3;1H3;/p-1. The van der Waals surface area contributed by atoms with E-state index in [0.29, 0.717) is 12.2 Å². The van der Waals surface area contributed by atoms with Crippen molar-refractivity contribution >= 4 is 16.8 Å². The van der Waals surface area contributed by atoms with Gasteiger partial charge in [-0.2, -0.15) is 0 Å². The number of para-hydroxylation sites is 1. The molecule has 0 aliphatic heterocycles. The molecule has 0 fully saturated rings. The number of rotatable bonds is 3. The van der Waals surface area contributed by atoms with E-state index in [4.69, 9.17) is 5.41 Å². The Bertz CT molecular complexity index is 945. The van der Waals surface area contributed by atoms with E-state index in [0.717, 1.165) is 10.9 Å². The van der Waals surface area contributed by atoms with Gasteiger partial charge in [0.05, 0.1) is 5.69 Å². The molecule has 0 atom stereocenters. The first-order chi connectivity index (χ1) is 12.3. The number of hydrogen-bond acceptors (Lipinski definition) is 3. The van der Waals surface area contributed by atoms with E-state index in [1.807, 2.05) is 48.7 Å². The third kappa shape index (κ3) is 4.56. The van der Waals surface area contributed by atoms with Crippen molar-refractivity contribution in [3.8, 4) is 0 Å². The molecule has 0 bridgehead atoms. The maximum Gasteiger partial charge on any atom is 0.0523 e. The second-order valence-corrected chi connectivity index (χ2v) is 6.61. The third-order valence-electron chi connectivity index (χ3n) is 5.51. The van der Waals surface area contributed by atoms with Crippen molar-refractivity contribution in [3.63, 3.8) is 0 Å². The third-order valence-corrected chi connectivity index (χ3v) is 5.51. The molecule has 152 valence electrons. The van der Waals surface area contributed by atoms with Crippen LogP contribution >= 0.6 is 0 Å². The van der Waals surface area contributed by atoms with Crippen LogP contribution in [0, 0.1) is 40.0 Å². The van der Waals surface area contributed by atoms with Gasteiger partial charge in [-0.25, -0.2) is 0 Å². The molecule has 5 heteroatoms. The topological polar surface area (TPSA) is 86.8 Å². The zero-order valence-electron chi connectivity index (χ0n) is 18.1. The number of benzene rings is 2. The molecule has 0 radical (unpaired) electrons. The van der Waals surface area contributed by atoms with Crippen LogP contribution in [0.1, 0.15) is 52.9 Å². The van der Waals surface area contributed by atoms with Crippen LogP contribution in [-0.2, 0) is 27.6 Å². The van der Waals surface area contributed by atoms with Crippen LogP contribution in [0.5, 0.6) is 0 Å². The minimum atomic E-state index is -0.637. The van der Waals surface area contributed by atoms with Crippen molar-refractivity contribution < 1.29 is 26.2 Å². The molecule has 1 aromatic heterocycles. The molecule has 0 spiro atoms. The Morgan fingerprint density at radius 2 is 1.36 bits per heavy atom. The van der Waals surface area contributed by atoms with Crippen LogP contribution in [0.25, 0.3) is 10.9 Å². The number of fused-ring (bicyclic) bond motifs is 1. The fourth-order valence-electron chi connectivity index (χ4n) is 3.54. The first-order valence-electron chi connectivity index (χ1n) is 9.23. The summed E-state index contributed by atoms with van der Waals surface area (Å²) in [5.41, 5.74) is 9.20. The van der Waals surface area contributed by atoms with E-state index in [1.54, 1.807) is 0 Å². The van der Waals surface area contributed by atoms with Crippen molar-refractivity contribution in [1.29, 1.82) is 5.41 Å². The van der Waals surface area contributed by atoms with Crippen LogP contribution in [0.3, 0.4) is 0 Å². The van der Waals surface area contributed by atoms with Crippen LogP contribution in [0.4, 0.5) is 0 Å². The van der Waals surface area contributed by atoms with E-state index in [1.165, 1.54) is 33.4 Å². The number of aromatic nitrogens is 1. The number of nitrogens with one attached hydrogen (secondary N) is 1. The maximum atomic E-state index is 11.8. The molecule has 0 unspecified atom stereocenters. The Morgan fingerprint density at radius 1 is 0.893 bits per heavy atom. The van der Waals surface area contributed by atoms with Crippen LogP contribution in [0.15, 0.2) is 30.3 Å². The second-order valence-electron chi connectivity index (χ2n) is 6.61. The van der Waals surface area contributed by atoms with E-state index >= 15 is 0 Å². The molecule has 3 aromatic rings. The second kappa shape index (κ2) is 10.6. The Labute approximate surface area is 183 Å². The monoisotopic (exact) mass is 550 g/mol. The van der Waals surface area contributed by atoms with Gasteiger partial charge in [-0.1, -0.05) is 32.0 Å². The molecule has 0 aliphatic carbocycles. The molecule has 0 aliphatic rings. The summed E-state index contributed by atoms with van der Waals surface area (Å²) in [6, 6.07) is 9.76. The van der Waals surface area contributed by atoms with E-state index in [-0.39, 0.29) is 27.2 Å². The Balaban J connectivity index is 0.00000177. The molecule has 4 N–H and O–H groups in total. The molecule has 3 rings (SSSR count). The van der Waals surface area contributed by atoms with Crippen LogP contribution in [0.2, 0.25) is 0 Å². The summed E-state index contributed by atoms with van der Waals surface area (Å²) in [7, 11) is 0. The van der Waals surface area contributed by atoms with Gasteiger partial charge in [0.15, 0.2) is 0 Å². The van der Waals surface area contributed by atoms with E-state index < -0.39 is 5.90 Å². The van der Waals surface area contributed by atoms with Gasteiger partial charge in [-0.15, -0.1) is 0 Å². The van der Waals surface area contributed by atoms with Gasteiger partial charge in [0.25, 0.3) is 0 Å². The molecule has 0 amide bonds. The molecule has 1 heterocycles. The maximum absolute atomic E-state index is 11.8. The fourth-order valence-corrected chi connectivity index (χ4v) is 3.54. The first-order valence-corrected chi connectivity index (χ1v) is 9.23. The summed E-state index contributed by atoms with van der Waals surface area (Å²) in [5, 5.41) is 20.5. The summed E-state index contributed by atoms with van der Waals surface area (Å²) in [6.45, 7) is 15.4. The SMILES string of the molecule is CC.Cc1c(C)c(C)c(Cn2c(C(=N)[O-])cc3ccccc32)c(C)c1C.N.[W]. The zero-order chi connectivity index (χ0) is 19.6. The van der Waals surface area contributed by atoms with Crippen molar-refractivity contribution in [1.82, 2.24) is 10.7 Å².